The maximum Gasteiger partial charge on any atom is 0.261 e. The SMILES string of the molecule is CC(C)(C)[Si](O[C@H]1CC[C@H](O)C[C@@H]1Cc1ccccc1)(c1ccccc1)c1ccccc1. The highest BCUT2D eigenvalue weighted by Gasteiger charge is 2.52. The van der Waals surface area contributed by atoms with Gasteiger partial charge in [-0.15, -0.1) is 0 Å². The Kier molecular flexibility index (Phi) is 6.99. The molecule has 0 aliphatic heterocycles. The molecule has 3 atom stereocenters. The summed E-state index contributed by atoms with van der Waals surface area (Å²) >= 11 is 0. The van der Waals surface area contributed by atoms with E-state index in [1.54, 1.807) is 0 Å². The molecule has 3 aromatic carbocycles. The Morgan fingerprint density at radius 2 is 1.28 bits per heavy atom. The van der Waals surface area contributed by atoms with Crippen LogP contribution >= 0.6 is 0 Å². The predicted octanol–water partition coefficient (Wildman–Crippen LogP) is 5.34. The fourth-order valence-corrected chi connectivity index (χ4v) is 10.2. The van der Waals surface area contributed by atoms with Crippen molar-refractivity contribution in [1.82, 2.24) is 0 Å². The van der Waals surface area contributed by atoms with Gasteiger partial charge in [-0.1, -0.05) is 112 Å². The summed E-state index contributed by atoms with van der Waals surface area (Å²) in [5.41, 5.74) is 1.32. The normalized spacial score (nSPS) is 21.9. The summed E-state index contributed by atoms with van der Waals surface area (Å²) in [6, 6.07) is 32.4. The van der Waals surface area contributed by atoms with E-state index in [-0.39, 0.29) is 17.2 Å². The van der Waals surface area contributed by atoms with Gasteiger partial charge in [0, 0.05) is 6.10 Å². The van der Waals surface area contributed by atoms with Gasteiger partial charge in [0.1, 0.15) is 0 Å². The minimum Gasteiger partial charge on any atom is -0.404 e. The molecule has 1 saturated carbocycles. The molecule has 2 nitrogen and oxygen atoms in total. The molecule has 3 aromatic rings. The Morgan fingerprint density at radius 3 is 1.78 bits per heavy atom. The van der Waals surface area contributed by atoms with E-state index in [2.05, 4.69) is 112 Å². The standard InChI is InChI=1S/C29H36O2Si/c1-29(2,3)32(26-15-9-5-10-16-26,27-17-11-6-12-18-27)31-28-20-19-25(30)22-24(28)21-23-13-7-4-8-14-23/h4-18,24-25,28,30H,19-22H2,1-3H3/t24-,25-,28-/m0/s1. The molecule has 0 aromatic heterocycles. The molecule has 32 heavy (non-hydrogen) atoms. The quantitative estimate of drug-likeness (QED) is 0.520. The van der Waals surface area contributed by atoms with Crippen molar-refractivity contribution in [3.63, 3.8) is 0 Å². The van der Waals surface area contributed by atoms with E-state index in [9.17, 15) is 5.11 Å². The highest BCUT2D eigenvalue weighted by molar-refractivity contribution is 6.99. The van der Waals surface area contributed by atoms with Crippen LogP contribution in [-0.4, -0.2) is 25.6 Å². The summed E-state index contributed by atoms with van der Waals surface area (Å²) < 4.78 is 7.48. The fraction of sp³-hybridized carbons (Fsp3) is 0.379. The van der Waals surface area contributed by atoms with Gasteiger partial charge < -0.3 is 9.53 Å². The summed E-state index contributed by atoms with van der Waals surface area (Å²) in [5.74, 6) is 0.308. The number of aliphatic hydroxyl groups is 1. The zero-order chi connectivity index (χ0) is 22.6. The molecule has 1 N–H and O–H groups in total. The third kappa shape index (κ3) is 4.75. The van der Waals surface area contributed by atoms with Crippen LogP contribution in [0.2, 0.25) is 5.04 Å². The van der Waals surface area contributed by atoms with Gasteiger partial charge in [-0.3, -0.25) is 0 Å². The maximum absolute atomic E-state index is 10.5. The van der Waals surface area contributed by atoms with Crippen molar-refractivity contribution in [2.75, 3.05) is 0 Å². The van der Waals surface area contributed by atoms with E-state index in [4.69, 9.17) is 4.43 Å². The lowest BCUT2D eigenvalue weighted by Gasteiger charge is -2.48. The first-order valence-electron chi connectivity index (χ1n) is 11.9. The predicted molar refractivity (Wildman–Crippen MR) is 136 cm³/mol. The summed E-state index contributed by atoms with van der Waals surface area (Å²) in [5, 5.41) is 13.1. The fourth-order valence-electron chi connectivity index (χ4n) is 5.42. The number of hydrogen-bond acceptors (Lipinski definition) is 2. The summed E-state index contributed by atoms with van der Waals surface area (Å²) in [7, 11) is -2.60. The second-order valence-electron chi connectivity index (χ2n) is 10.2. The molecule has 0 amide bonds. The molecule has 3 heteroatoms. The summed E-state index contributed by atoms with van der Waals surface area (Å²) in [6.07, 6.45) is 3.36. The largest absolute Gasteiger partial charge is 0.404 e. The van der Waals surface area contributed by atoms with Gasteiger partial charge in [-0.2, -0.15) is 0 Å². The zero-order valence-electron chi connectivity index (χ0n) is 19.6. The van der Waals surface area contributed by atoms with Gasteiger partial charge in [0.2, 0.25) is 0 Å². The Hall–Kier alpha value is -2.20. The molecule has 0 heterocycles. The Morgan fingerprint density at radius 1 is 0.781 bits per heavy atom. The summed E-state index contributed by atoms with van der Waals surface area (Å²) in [6.45, 7) is 7.01. The van der Waals surface area contributed by atoms with Crippen molar-refractivity contribution in [3.8, 4) is 0 Å². The molecule has 0 bridgehead atoms. The molecule has 0 spiro atoms. The molecule has 0 unspecified atom stereocenters. The van der Waals surface area contributed by atoms with Crippen molar-refractivity contribution in [2.24, 2.45) is 5.92 Å². The third-order valence-electron chi connectivity index (χ3n) is 6.97. The van der Waals surface area contributed by atoms with Crippen LogP contribution in [0.3, 0.4) is 0 Å². The van der Waals surface area contributed by atoms with Gasteiger partial charge in [0.05, 0.1) is 6.10 Å². The lowest BCUT2D eigenvalue weighted by Crippen LogP contribution is -2.68. The van der Waals surface area contributed by atoms with E-state index in [1.165, 1.54) is 15.9 Å². The minimum absolute atomic E-state index is 0.0386. The van der Waals surface area contributed by atoms with Crippen LogP contribution in [0.15, 0.2) is 91.0 Å². The van der Waals surface area contributed by atoms with Gasteiger partial charge in [-0.05, 0) is 52.6 Å². The van der Waals surface area contributed by atoms with Crippen molar-refractivity contribution in [2.45, 2.75) is 63.7 Å². The number of rotatable bonds is 6. The Bertz CT molecular complexity index is 927. The first-order chi connectivity index (χ1) is 15.4. The van der Waals surface area contributed by atoms with E-state index in [0.717, 1.165) is 25.7 Å². The molecule has 4 rings (SSSR count). The average molecular weight is 445 g/mol. The average Bonchev–Trinajstić information content (AvgIpc) is 2.80. The number of aliphatic hydroxyl groups excluding tert-OH is 1. The van der Waals surface area contributed by atoms with Crippen LogP contribution in [0.4, 0.5) is 0 Å². The molecule has 1 fully saturated rings. The van der Waals surface area contributed by atoms with E-state index >= 15 is 0 Å². The van der Waals surface area contributed by atoms with Crippen LogP contribution in [0, 0.1) is 5.92 Å². The molecular weight excluding hydrogens is 408 g/mol. The first-order valence-corrected chi connectivity index (χ1v) is 13.8. The van der Waals surface area contributed by atoms with E-state index in [0.29, 0.717) is 5.92 Å². The smallest absolute Gasteiger partial charge is 0.261 e. The van der Waals surface area contributed by atoms with Crippen LogP contribution in [0.1, 0.15) is 45.6 Å². The molecular formula is C29H36O2Si. The van der Waals surface area contributed by atoms with Crippen LogP contribution < -0.4 is 10.4 Å². The van der Waals surface area contributed by atoms with E-state index < -0.39 is 8.32 Å². The monoisotopic (exact) mass is 444 g/mol. The van der Waals surface area contributed by atoms with E-state index in [1.807, 2.05) is 0 Å². The number of hydrogen-bond donors (Lipinski definition) is 1. The van der Waals surface area contributed by atoms with Crippen molar-refractivity contribution in [3.05, 3.63) is 96.6 Å². The molecule has 1 aliphatic rings. The van der Waals surface area contributed by atoms with Crippen molar-refractivity contribution in [1.29, 1.82) is 0 Å². The highest BCUT2D eigenvalue weighted by atomic mass is 28.4. The minimum atomic E-state index is -2.60. The van der Waals surface area contributed by atoms with Crippen molar-refractivity contribution >= 4 is 18.7 Å². The Labute approximate surface area is 194 Å². The van der Waals surface area contributed by atoms with Crippen LogP contribution in [-0.2, 0) is 10.8 Å². The molecule has 1 aliphatic carbocycles. The lowest BCUT2D eigenvalue weighted by molar-refractivity contribution is 0.0158. The summed E-state index contributed by atoms with van der Waals surface area (Å²) in [4.78, 5) is 0. The Balaban J connectivity index is 1.77. The maximum atomic E-state index is 10.5. The second kappa shape index (κ2) is 9.74. The van der Waals surface area contributed by atoms with Gasteiger partial charge >= 0.3 is 0 Å². The molecule has 168 valence electrons. The highest BCUT2D eigenvalue weighted by Crippen LogP contribution is 2.41. The van der Waals surface area contributed by atoms with Crippen LogP contribution in [0.25, 0.3) is 0 Å². The van der Waals surface area contributed by atoms with Gasteiger partial charge in [0.15, 0.2) is 0 Å². The third-order valence-corrected chi connectivity index (χ3v) is 12.0. The first kappa shape index (κ1) is 23.0. The molecule has 0 radical (unpaired) electrons. The van der Waals surface area contributed by atoms with Gasteiger partial charge in [-0.25, -0.2) is 0 Å². The zero-order valence-corrected chi connectivity index (χ0v) is 20.6. The molecule has 0 saturated heterocycles. The van der Waals surface area contributed by atoms with Crippen LogP contribution in [0.5, 0.6) is 0 Å². The van der Waals surface area contributed by atoms with Gasteiger partial charge in [0.25, 0.3) is 8.32 Å². The van der Waals surface area contributed by atoms with Crippen molar-refractivity contribution < 1.29 is 9.53 Å². The lowest BCUT2D eigenvalue weighted by atomic mass is 9.81. The topological polar surface area (TPSA) is 29.5 Å². The number of benzene rings is 3. The second-order valence-corrected chi connectivity index (χ2v) is 14.5.